The van der Waals surface area contributed by atoms with Gasteiger partial charge in [0.15, 0.2) is 0 Å². The Labute approximate surface area is 180 Å². The molecule has 0 bridgehead atoms. The molecule has 156 valence electrons. The Kier molecular flexibility index (Phi) is 5.62. The summed E-state index contributed by atoms with van der Waals surface area (Å²) in [6, 6.07) is 13.4. The summed E-state index contributed by atoms with van der Waals surface area (Å²) in [6.07, 6.45) is 0.907. The largest absolute Gasteiger partial charge is 0.326 e. The van der Waals surface area contributed by atoms with E-state index in [0.29, 0.717) is 13.0 Å². The molecule has 0 radical (unpaired) electrons. The Hall–Kier alpha value is -2.71. The number of aryl methyl sites for hydroxylation is 1. The fourth-order valence-corrected chi connectivity index (χ4v) is 5.53. The summed E-state index contributed by atoms with van der Waals surface area (Å²) in [5.41, 5.74) is 5.38. The van der Waals surface area contributed by atoms with Crippen molar-refractivity contribution < 1.29 is 13.2 Å². The zero-order chi connectivity index (χ0) is 21.3. The summed E-state index contributed by atoms with van der Waals surface area (Å²) in [4.78, 5) is 17.0. The molecule has 1 aromatic heterocycles. The van der Waals surface area contributed by atoms with Crippen molar-refractivity contribution in [3.05, 3.63) is 64.0 Å². The lowest BCUT2D eigenvalue weighted by Crippen LogP contribution is -2.30. The minimum atomic E-state index is -3.25. The summed E-state index contributed by atoms with van der Waals surface area (Å²) in [5, 5.41) is 5.58. The minimum Gasteiger partial charge on any atom is -0.326 e. The van der Waals surface area contributed by atoms with Gasteiger partial charge in [0.2, 0.25) is 15.9 Å². The fraction of sp³-hybridized carbons (Fsp3) is 0.273. The number of hydrogen-bond donors (Lipinski definition) is 1. The van der Waals surface area contributed by atoms with Gasteiger partial charge in [-0.05, 0) is 55.7 Å². The van der Waals surface area contributed by atoms with E-state index in [-0.39, 0.29) is 18.1 Å². The van der Waals surface area contributed by atoms with E-state index in [1.54, 1.807) is 6.92 Å². The summed E-state index contributed by atoms with van der Waals surface area (Å²) >= 11 is 1.45. The average Bonchev–Trinajstić information content (AvgIpc) is 3.34. The Morgan fingerprint density at radius 3 is 2.83 bits per heavy atom. The number of carbonyl (C=O) groups excluding carboxylic acids is 1. The number of amides is 1. The highest BCUT2D eigenvalue weighted by molar-refractivity contribution is 7.92. The maximum absolute atomic E-state index is 12.3. The van der Waals surface area contributed by atoms with E-state index in [4.69, 9.17) is 0 Å². The lowest BCUT2D eigenvalue weighted by atomic mass is 10.1. The van der Waals surface area contributed by atoms with Gasteiger partial charge in [0.05, 0.1) is 23.6 Å². The van der Waals surface area contributed by atoms with Crippen molar-refractivity contribution in [2.24, 2.45) is 0 Å². The van der Waals surface area contributed by atoms with E-state index in [9.17, 15) is 13.2 Å². The molecule has 1 N–H and O–H groups in total. The Balaban J connectivity index is 1.47. The normalized spacial score (nSPS) is 13.3. The molecule has 1 aliphatic heterocycles. The third kappa shape index (κ3) is 4.24. The van der Waals surface area contributed by atoms with Gasteiger partial charge in [-0.3, -0.25) is 9.10 Å². The van der Waals surface area contributed by atoms with Crippen LogP contribution in [-0.2, 0) is 27.7 Å². The molecule has 6 nitrogen and oxygen atoms in total. The summed E-state index contributed by atoms with van der Waals surface area (Å²) in [6.45, 7) is 4.13. The second-order valence-electron chi connectivity index (χ2n) is 7.29. The molecule has 0 atom stereocenters. The van der Waals surface area contributed by atoms with Crippen molar-refractivity contribution in [1.29, 1.82) is 0 Å². The number of hydrogen-bond acceptors (Lipinski definition) is 5. The first-order chi connectivity index (χ1) is 14.4. The van der Waals surface area contributed by atoms with Crippen LogP contribution in [0, 0.1) is 6.92 Å². The van der Waals surface area contributed by atoms with Crippen LogP contribution in [0.15, 0.2) is 47.8 Å². The van der Waals surface area contributed by atoms with Gasteiger partial charge in [-0.25, -0.2) is 13.4 Å². The predicted octanol–water partition coefficient (Wildman–Crippen LogP) is 4.01. The zero-order valence-corrected chi connectivity index (χ0v) is 18.5. The third-order valence-electron chi connectivity index (χ3n) is 5.09. The number of rotatable bonds is 6. The fourth-order valence-electron chi connectivity index (χ4n) is 3.57. The molecule has 3 aromatic rings. The average molecular weight is 442 g/mol. The van der Waals surface area contributed by atoms with E-state index in [1.807, 2.05) is 54.8 Å². The monoisotopic (exact) mass is 441 g/mol. The number of carbonyl (C=O) groups is 1. The van der Waals surface area contributed by atoms with Gasteiger partial charge in [-0.2, -0.15) is 0 Å². The first-order valence-electron chi connectivity index (χ1n) is 9.80. The predicted molar refractivity (Wildman–Crippen MR) is 122 cm³/mol. The highest BCUT2D eigenvalue weighted by atomic mass is 32.2. The van der Waals surface area contributed by atoms with Crippen LogP contribution in [0.2, 0.25) is 0 Å². The molecular weight excluding hydrogens is 418 g/mol. The number of thiazole rings is 1. The molecule has 4 rings (SSSR count). The summed E-state index contributed by atoms with van der Waals surface area (Å²) in [5.74, 6) is -0.00953. The van der Waals surface area contributed by atoms with E-state index < -0.39 is 10.0 Å². The Morgan fingerprint density at radius 2 is 2.07 bits per heavy atom. The molecule has 0 fully saturated rings. The van der Waals surface area contributed by atoms with Crippen molar-refractivity contribution in [1.82, 2.24) is 4.98 Å². The maximum atomic E-state index is 12.3. The molecule has 0 spiro atoms. The second kappa shape index (κ2) is 8.20. The number of fused-ring (bicyclic) bond motifs is 1. The summed E-state index contributed by atoms with van der Waals surface area (Å²) in [7, 11) is -3.25. The van der Waals surface area contributed by atoms with Crippen LogP contribution in [0.4, 0.5) is 11.4 Å². The number of nitrogens with one attached hydrogen (secondary N) is 1. The SMILES string of the molecule is CCS(=O)(=O)N1CCc2cc(-c3csc(CC(=O)Nc4cccc(C)c4)n3)ccc21. The van der Waals surface area contributed by atoms with Crippen molar-refractivity contribution in [2.45, 2.75) is 26.7 Å². The number of aromatic nitrogens is 1. The van der Waals surface area contributed by atoms with Crippen LogP contribution in [0.5, 0.6) is 0 Å². The molecule has 1 aliphatic rings. The molecule has 2 aromatic carbocycles. The molecule has 30 heavy (non-hydrogen) atoms. The Morgan fingerprint density at radius 1 is 1.23 bits per heavy atom. The smallest absolute Gasteiger partial charge is 0.234 e. The Bertz CT molecular complexity index is 1200. The maximum Gasteiger partial charge on any atom is 0.234 e. The number of sulfonamides is 1. The first-order valence-corrected chi connectivity index (χ1v) is 12.3. The van der Waals surface area contributed by atoms with Crippen molar-refractivity contribution >= 4 is 38.6 Å². The molecule has 1 amide bonds. The van der Waals surface area contributed by atoms with Gasteiger partial charge in [0, 0.05) is 23.2 Å². The number of anilines is 2. The lowest BCUT2D eigenvalue weighted by molar-refractivity contribution is -0.115. The van der Waals surface area contributed by atoms with E-state index in [1.165, 1.54) is 15.6 Å². The molecule has 0 unspecified atom stereocenters. The van der Waals surface area contributed by atoms with Gasteiger partial charge >= 0.3 is 0 Å². The van der Waals surface area contributed by atoms with E-state index in [2.05, 4.69) is 10.3 Å². The third-order valence-corrected chi connectivity index (χ3v) is 7.72. The minimum absolute atomic E-state index is 0.0915. The molecule has 0 saturated heterocycles. The van der Waals surface area contributed by atoms with Gasteiger partial charge < -0.3 is 5.32 Å². The van der Waals surface area contributed by atoms with Gasteiger partial charge in [0.25, 0.3) is 0 Å². The van der Waals surface area contributed by atoms with Crippen LogP contribution in [-0.4, -0.2) is 31.6 Å². The van der Waals surface area contributed by atoms with Crippen LogP contribution in [0.25, 0.3) is 11.3 Å². The molecular formula is C22H23N3O3S2. The van der Waals surface area contributed by atoms with Crippen molar-refractivity contribution in [2.75, 3.05) is 21.9 Å². The van der Waals surface area contributed by atoms with E-state index >= 15 is 0 Å². The van der Waals surface area contributed by atoms with Crippen molar-refractivity contribution in [3.63, 3.8) is 0 Å². The second-order valence-corrected chi connectivity index (χ2v) is 10.4. The van der Waals surface area contributed by atoms with Crippen LogP contribution < -0.4 is 9.62 Å². The quantitative estimate of drug-likeness (QED) is 0.627. The van der Waals surface area contributed by atoms with E-state index in [0.717, 1.165) is 38.8 Å². The van der Waals surface area contributed by atoms with Crippen molar-refractivity contribution in [3.8, 4) is 11.3 Å². The molecule has 0 aliphatic carbocycles. The van der Waals surface area contributed by atoms with Crippen LogP contribution in [0.3, 0.4) is 0 Å². The highest BCUT2D eigenvalue weighted by Gasteiger charge is 2.28. The molecule has 0 saturated carbocycles. The first kappa shape index (κ1) is 20.6. The van der Waals surface area contributed by atoms with Crippen LogP contribution in [0.1, 0.15) is 23.1 Å². The van der Waals surface area contributed by atoms with Crippen LogP contribution >= 0.6 is 11.3 Å². The van der Waals surface area contributed by atoms with Gasteiger partial charge in [0.1, 0.15) is 5.01 Å². The zero-order valence-electron chi connectivity index (χ0n) is 16.9. The molecule has 8 heteroatoms. The molecule has 2 heterocycles. The van der Waals surface area contributed by atoms with Gasteiger partial charge in [-0.1, -0.05) is 18.2 Å². The summed E-state index contributed by atoms with van der Waals surface area (Å²) < 4.78 is 26.0. The highest BCUT2D eigenvalue weighted by Crippen LogP contribution is 2.34. The lowest BCUT2D eigenvalue weighted by Gasteiger charge is -2.18. The van der Waals surface area contributed by atoms with Gasteiger partial charge in [-0.15, -0.1) is 11.3 Å². The standard InChI is InChI=1S/C22H23N3O3S2/c1-3-30(27,28)25-10-9-17-12-16(7-8-20(17)25)19-14-29-22(24-19)13-21(26)23-18-6-4-5-15(2)11-18/h4-8,11-12,14H,3,9-10,13H2,1-2H3,(H,23,26). The number of nitrogens with zero attached hydrogens (tertiary/aromatic N) is 2. The number of benzene rings is 2. The topological polar surface area (TPSA) is 79.4 Å².